The third-order valence-corrected chi connectivity index (χ3v) is 29.5. The largest absolute Gasteiger partial charge is 0.469 e. The van der Waals surface area contributed by atoms with Crippen molar-refractivity contribution in [3.8, 4) is 44.8 Å². The number of nitrogens with one attached hydrogen (secondary N) is 7. The van der Waals surface area contributed by atoms with Crippen LogP contribution in [0.3, 0.4) is 0 Å². The van der Waals surface area contributed by atoms with Crippen molar-refractivity contribution in [3.05, 3.63) is 189 Å². The van der Waals surface area contributed by atoms with Crippen LogP contribution in [0.15, 0.2) is 122 Å². The van der Waals surface area contributed by atoms with Crippen molar-refractivity contribution in [1.82, 2.24) is 70.5 Å². The predicted octanol–water partition coefficient (Wildman–Crippen LogP) is 20.6. The smallest absolute Gasteiger partial charge is 0.407 e. The summed E-state index contributed by atoms with van der Waals surface area (Å²) >= 11 is 0. The highest BCUT2D eigenvalue weighted by Crippen LogP contribution is 2.57. The van der Waals surface area contributed by atoms with Crippen LogP contribution in [0, 0.1) is 75.0 Å². The summed E-state index contributed by atoms with van der Waals surface area (Å²) in [5, 5.41) is 7.73. The molecule has 5 aliphatic carbocycles. The predicted molar refractivity (Wildman–Crippen MR) is 512 cm³/mol. The van der Waals surface area contributed by atoms with Gasteiger partial charge in [0.05, 0.1) is 124 Å². The number of ketones is 1. The first-order valence-corrected chi connectivity index (χ1v) is 48.2. The Morgan fingerprint density at radius 2 is 0.860 bits per heavy atom. The number of alkyl carbamates (subject to hydrolysis) is 3. The Morgan fingerprint density at radius 3 is 1.30 bits per heavy atom. The highest BCUT2D eigenvalue weighted by molar-refractivity contribution is 5.92. The van der Waals surface area contributed by atoms with Gasteiger partial charge in [-0.3, -0.25) is 24.0 Å². The van der Waals surface area contributed by atoms with Crippen molar-refractivity contribution in [2.75, 3.05) is 48.1 Å². The number of amides is 6. The molecule has 13 atom stereocenters. The summed E-state index contributed by atoms with van der Waals surface area (Å²) in [4.78, 5) is 137. The molecule has 136 heavy (non-hydrogen) atoms. The first-order chi connectivity index (χ1) is 64.9. The van der Waals surface area contributed by atoms with Gasteiger partial charge in [-0.2, -0.15) is 0 Å². The fourth-order valence-electron chi connectivity index (χ4n) is 21.7. The molecule has 30 heteroatoms. The van der Waals surface area contributed by atoms with E-state index in [0.717, 1.165) is 135 Å². The molecular weight excluding hydrogens is 1740 g/mol. The van der Waals surface area contributed by atoms with E-state index in [4.69, 9.17) is 14.5 Å². The molecule has 0 bridgehead atoms. The number of aromatic nitrogens is 8. The fraction of sp³-hybridized carbons (Fsp3) is 0.509. The highest BCUT2D eigenvalue weighted by atomic mass is 19.3. The second-order valence-corrected chi connectivity index (χ2v) is 40.0. The Morgan fingerprint density at radius 1 is 0.434 bits per heavy atom. The summed E-state index contributed by atoms with van der Waals surface area (Å²) in [6, 6.07) is 33.0. The number of aromatic amines is 4. The number of hydrogen-bond donors (Lipinski definition) is 7. The van der Waals surface area contributed by atoms with Gasteiger partial charge in [-0.25, -0.2) is 51.9 Å². The van der Waals surface area contributed by atoms with E-state index in [0.29, 0.717) is 29.5 Å². The van der Waals surface area contributed by atoms with Crippen LogP contribution in [0.4, 0.5) is 31.9 Å². The van der Waals surface area contributed by atoms with Gasteiger partial charge >= 0.3 is 24.2 Å². The van der Waals surface area contributed by atoms with E-state index < -0.39 is 98.1 Å². The van der Waals surface area contributed by atoms with Crippen molar-refractivity contribution in [2.24, 2.45) is 47.3 Å². The van der Waals surface area contributed by atoms with Crippen LogP contribution < -0.4 is 16.0 Å². The van der Waals surface area contributed by atoms with Gasteiger partial charge in [0, 0.05) is 31.2 Å². The molecule has 3 saturated carbocycles. The quantitative estimate of drug-likeness (QED) is 0.0188. The zero-order valence-electron chi connectivity index (χ0n) is 80.8. The number of benzene rings is 6. The zero-order valence-corrected chi connectivity index (χ0v) is 80.8. The number of fused-ring (bicyclic) bond motifs is 8. The molecule has 7 N–H and O–H groups in total. The number of ether oxygens (including phenoxy) is 4. The minimum Gasteiger partial charge on any atom is -0.469 e. The number of aryl methyl sites for hydroxylation is 4. The molecule has 0 radical (unpaired) electrons. The zero-order chi connectivity index (χ0) is 97.2. The number of Topliss-reactive ketones (excluding diaryl/α,β-unsaturated/α-hetero) is 1. The van der Waals surface area contributed by atoms with Gasteiger partial charge < -0.3 is 69.5 Å². The van der Waals surface area contributed by atoms with Gasteiger partial charge in [0.2, 0.25) is 17.7 Å². The van der Waals surface area contributed by atoms with E-state index >= 15 is 0 Å². The van der Waals surface area contributed by atoms with Crippen molar-refractivity contribution in [2.45, 2.75) is 252 Å². The average Bonchev–Trinajstić information content (AvgIpc) is 1.59. The number of carbonyl (C=O) groups excluding carboxylic acids is 8. The molecule has 6 amide bonds. The van der Waals surface area contributed by atoms with Crippen molar-refractivity contribution < 1.29 is 74.9 Å². The van der Waals surface area contributed by atoms with Gasteiger partial charge in [0.1, 0.15) is 35.4 Å². The Kier molecular flexibility index (Phi) is 29.9. The SMILES string of the molecule is COC(=O)C[C@H](C(=O)N1CCCC[C@H]1c1ncc(-c2ccc(C)cc2)[nH]1)C(C)C.COC(=O)N[C@H](C(=O)C1CCCC[C@H]1c1nc2ccc(-c3ccc(C)c4c3CC3CCC43)cc2[nH]1)C(C)C.COC(=O)N[C@H](C(=O)N1CC(F)(F)C[C@H]1c1nc2ccc(-c3ccc(C)c4c3CC3CCC43)cc2[nH]1)C(C)C.COC(=O)N[C@H](C(=O)N1CC(F)(F)C[C@H]1c1ncc(-c2ccc(C)cc2)[nH]1)C(C)C. The van der Waals surface area contributed by atoms with E-state index in [2.05, 4.69) is 148 Å². The fourth-order valence-corrected chi connectivity index (χ4v) is 21.7. The number of halogens is 4. The van der Waals surface area contributed by atoms with Crippen LogP contribution in [0.5, 0.6) is 0 Å². The molecule has 6 aromatic carbocycles. The number of nitrogens with zero attached hydrogens (tertiary/aromatic N) is 7. The first-order valence-electron chi connectivity index (χ1n) is 48.2. The van der Waals surface area contributed by atoms with Crippen LogP contribution in [0.2, 0.25) is 0 Å². The summed E-state index contributed by atoms with van der Waals surface area (Å²) in [6.07, 6.45) is 14.6. The molecular formula is C106H130F4N14O12. The monoisotopic (exact) mass is 1870 g/mol. The number of likely N-dealkylation sites (tertiary alicyclic amines) is 3. The molecule has 3 aliphatic heterocycles. The van der Waals surface area contributed by atoms with E-state index in [1.54, 1.807) is 45.0 Å². The number of hydrogen-bond acceptors (Lipinski definition) is 16. The molecule has 3 saturated heterocycles. The lowest BCUT2D eigenvalue weighted by atomic mass is 9.73. The van der Waals surface area contributed by atoms with E-state index in [-0.39, 0.29) is 77.4 Å². The third-order valence-electron chi connectivity index (χ3n) is 29.5. The molecule has 8 aliphatic rings. The normalized spacial score (nSPS) is 21.9. The second-order valence-electron chi connectivity index (χ2n) is 40.0. The summed E-state index contributed by atoms with van der Waals surface area (Å²) in [7, 11) is 5.07. The van der Waals surface area contributed by atoms with E-state index in [1.807, 2.05) is 88.2 Å². The number of methoxy groups -OCH3 is 4. The number of esters is 1. The number of rotatable bonds is 22. The summed E-state index contributed by atoms with van der Waals surface area (Å²) in [5.74, 6) is -3.34. The molecule has 7 heterocycles. The molecule has 5 unspecified atom stereocenters. The Hall–Kier alpha value is -12.2. The average molecular weight is 1870 g/mol. The van der Waals surface area contributed by atoms with Crippen LogP contribution in [0.25, 0.3) is 66.8 Å². The van der Waals surface area contributed by atoms with Crippen molar-refractivity contribution in [1.29, 1.82) is 0 Å². The minimum absolute atomic E-state index is 0.0170. The lowest BCUT2D eigenvalue weighted by molar-refractivity contribution is -0.150. The van der Waals surface area contributed by atoms with E-state index in [1.165, 1.54) is 105 Å². The van der Waals surface area contributed by atoms with Crippen LogP contribution in [-0.4, -0.2) is 180 Å². The van der Waals surface area contributed by atoms with Crippen molar-refractivity contribution >= 4 is 69.8 Å². The van der Waals surface area contributed by atoms with Crippen LogP contribution >= 0.6 is 0 Å². The molecule has 724 valence electrons. The van der Waals surface area contributed by atoms with Gasteiger partial charge in [0.25, 0.3) is 11.8 Å². The maximum Gasteiger partial charge on any atom is 0.407 e. The summed E-state index contributed by atoms with van der Waals surface area (Å²) < 4.78 is 76.9. The number of piperidine rings is 1. The molecule has 10 aromatic rings. The van der Waals surface area contributed by atoms with Gasteiger partial charge in [-0.1, -0.05) is 164 Å². The first kappa shape index (κ1) is 98.3. The van der Waals surface area contributed by atoms with Gasteiger partial charge in [0.15, 0.2) is 5.78 Å². The second kappa shape index (κ2) is 41.4. The lowest BCUT2D eigenvalue weighted by Gasteiger charge is -2.37. The van der Waals surface area contributed by atoms with Gasteiger partial charge in [-0.15, -0.1) is 0 Å². The maximum atomic E-state index is 14.7. The summed E-state index contributed by atoms with van der Waals surface area (Å²) in [5.41, 5.74) is 23.1. The third kappa shape index (κ3) is 21.1. The standard InChI is InChI=1S/C32H39N3O3.C30H34F2N4O3.C23H31N3O3.C21H26F2N4O3/c1-17(2)29(35-32(37)38-4)30(36)23-7-5-6-8-24(23)31-33-26-14-11-20(16-27(26)34-31)21-12-9-18(3)28-22-13-10-19(22)15-25(21)28;1-15(2)26(35-29(38)39-4)28(37)36-14-30(31,32)13-24(36)27-33-22-10-7-18(12-23(22)34-27)19-8-5-16(3)25-20-9-6-17(20)11-21(19)25;1-15(2)18(13-21(27)29-4)23(28)26-12-6-5-7-20(26)22-24-14-19(25-22)17-10-8-16(3)9-11-17;1-12(2)17(26-20(29)30-4)19(28)27-11-21(22,23)9-16(27)18-24-10-15(25-18)14-7-5-13(3)6-8-14/h9,11-12,14,16-17,19,22-24,29H,5-8,10,13,15H2,1-4H3,(H,33,34)(H,35,37);5,7-8,10,12,15,17,20,24,26H,6,9,11,13-14H2,1-4H3,(H,33,34)(H,35,38);8-11,14-15,18,20H,5-7,12-13H2,1-4H3,(H,24,25);5-8,10,12,16-17H,9,11H2,1-4H3,(H,24,25)(H,26,29)/t19?,22?,23?,24-,29+;17?,20?,24-,26-;18-,20-;16-,17-/m1000/s1. The molecule has 4 aromatic heterocycles. The Bertz CT molecular complexity index is 6040. The number of H-pyrrole nitrogens is 4. The minimum atomic E-state index is -3.07. The Balaban J connectivity index is 0.000000139. The summed E-state index contributed by atoms with van der Waals surface area (Å²) in [6.45, 7) is 22.6. The van der Waals surface area contributed by atoms with Crippen LogP contribution in [0.1, 0.15) is 249 Å². The molecule has 6 fully saturated rings. The molecule has 18 rings (SSSR count). The number of imidazole rings is 4. The molecule has 26 nitrogen and oxygen atoms in total. The highest BCUT2D eigenvalue weighted by Gasteiger charge is 2.53. The Labute approximate surface area is 792 Å². The topological polar surface area (TPSA) is 334 Å². The van der Waals surface area contributed by atoms with Crippen LogP contribution in [-0.2, 0) is 55.8 Å². The van der Waals surface area contributed by atoms with Crippen molar-refractivity contribution in [3.63, 3.8) is 0 Å². The molecule has 0 spiro atoms. The number of carbonyl (C=O) groups is 8. The maximum absolute atomic E-state index is 14.7. The number of alkyl halides is 4. The van der Waals surface area contributed by atoms with Gasteiger partial charge in [-0.05, 0) is 237 Å². The van der Waals surface area contributed by atoms with E-state index in [9.17, 15) is 55.9 Å². The lowest BCUT2D eigenvalue weighted by Crippen LogP contribution is -2.51.